The lowest BCUT2D eigenvalue weighted by molar-refractivity contribution is 1.46. The molecule has 0 heterocycles. The third-order valence-electron chi connectivity index (χ3n) is 2.37. The second-order valence-corrected chi connectivity index (χ2v) is 6.81. The second kappa shape index (κ2) is 8.54. The summed E-state index contributed by atoms with van der Waals surface area (Å²) in [6, 6.07) is 15.6. The average Bonchev–Trinajstić information content (AvgIpc) is 2.46. The van der Waals surface area contributed by atoms with E-state index in [0.29, 0.717) is 0 Å². The van der Waals surface area contributed by atoms with Gasteiger partial charge in [-0.25, -0.2) is 0 Å². The Morgan fingerprint density at radius 3 is 1.35 bits per heavy atom. The van der Waals surface area contributed by atoms with Gasteiger partial charge in [-0.3, -0.25) is 0 Å². The molecule has 0 spiro atoms. The quantitative estimate of drug-likeness (QED) is 0.504. The number of rotatable bonds is 4. The SMILES string of the molecule is Clc1ccc(SCC#CCSc2ccc(Cl)cc2)cc1. The number of benzene rings is 2. The van der Waals surface area contributed by atoms with Gasteiger partial charge in [-0.1, -0.05) is 35.0 Å². The molecule has 4 heteroatoms. The maximum atomic E-state index is 5.83. The summed E-state index contributed by atoms with van der Waals surface area (Å²) in [5.74, 6) is 7.92. The fraction of sp³-hybridized carbons (Fsp3) is 0.125. The van der Waals surface area contributed by atoms with Gasteiger partial charge in [-0.05, 0) is 48.5 Å². The van der Waals surface area contributed by atoms with Crippen LogP contribution in [0.3, 0.4) is 0 Å². The van der Waals surface area contributed by atoms with E-state index in [1.54, 1.807) is 23.5 Å². The third-order valence-corrected chi connectivity index (χ3v) is 4.67. The van der Waals surface area contributed by atoms with E-state index in [9.17, 15) is 0 Å². The van der Waals surface area contributed by atoms with E-state index >= 15 is 0 Å². The summed E-state index contributed by atoms with van der Waals surface area (Å²) in [7, 11) is 0. The molecule has 0 atom stereocenters. The van der Waals surface area contributed by atoms with Crippen LogP contribution in [0.1, 0.15) is 0 Å². The van der Waals surface area contributed by atoms with E-state index in [-0.39, 0.29) is 0 Å². The van der Waals surface area contributed by atoms with Gasteiger partial charge in [0, 0.05) is 19.8 Å². The van der Waals surface area contributed by atoms with E-state index in [1.165, 1.54) is 9.79 Å². The van der Waals surface area contributed by atoms with Crippen LogP contribution >= 0.6 is 46.7 Å². The van der Waals surface area contributed by atoms with E-state index in [0.717, 1.165) is 21.6 Å². The predicted molar refractivity (Wildman–Crippen MR) is 92.1 cm³/mol. The first-order valence-electron chi connectivity index (χ1n) is 5.96. The highest BCUT2D eigenvalue weighted by atomic mass is 35.5. The van der Waals surface area contributed by atoms with E-state index in [2.05, 4.69) is 11.8 Å². The van der Waals surface area contributed by atoms with Crippen molar-refractivity contribution in [3.63, 3.8) is 0 Å². The van der Waals surface area contributed by atoms with Crippen molar-refractivity contribution in [2.75, 3.05) is 11.5 Å². The summed E-state index contributed by atoms with van der Waals surface area (Å²) < 4.78 is 0. The van der Waals surface area contributed by atoms with Crippen molar-refractivity contribution < 1.29 is 0 Å². The molecule has 0 fully saturated rings. The monoisotopic (exact) mass is 338 g/mol. The molecular weight excluding hydrogens is 327 g/mol. The van der Waals surface area contributed by atoms with E-state index in [1.807, 2.05) is 48.5 Å². The van der Waals surface area contributed by atoms with Crippen LogP contribution in [0, 0.1) is 11.8 Å². The molecule has 0 N–H and O–H groups in total. The van der Waals surface area contributed by atoms with Crippen LogP contribution in [0.5, 0.6) is 0 Å². The Morgan fingerprint density at radius 2 is 1.00 bits per heavy atom. The molecule has 2 aromatic rings. The van der Waals surface area contributed by atoms with Crippen LogP contribution in [-0.4, -0.2) is 11.5 Å². The van der Waals surface area contributed by atoms with Gasteiger partial charge in [0.15, 0.2) is 0 Å². The van der Waals surface area contributed by atoms with Crippen molar-refractivity contribution in [3.05, 3.63) is 58.6 Å². The highest BCUT2D eigenvalue weighted by molar-refractivity contribution is 7.99. The molecule has 0 bridgehead atoms. The Bertz CT molecular complexity index is 542. The van der Waals surface area contributed by atoms with Gasteiger partial charge < -0.3 is 0 Å². The third kappa shape index (κ3) is 5.73. The summed E-state index contributed by atoms with van der Waals surface area (Å²) in [6.45, 7) is 0. The molecule has 102 valence electrons. The van der Waals surface area contributed by atoms with Crippen molar-refractivity contribution in [3.8, 4) is 11.8 Å². The van der Waals surface area contributed by atoms with Crippen LogP contribution in [0.4, 0.5) is 0 Å². The molecule has 0 aliphatic carbocycles. The molecule has 2 aromatic carbocycles. The molecule has 0 saturated carbocycles. The van der Waals surface area contributed by atoms with Crippen LogP contribution in [0.25, 0.3) is 0 Å². The molecule has 0 radical (unpaired) electrons. The molecule has 0 saturated heterocycles. The molecule has 0 aliphatic rings. The maximum Gasteiger partial charge on any atom is 0.0595 e. The maximum absolute atomic E-state index is 5.83. The predicted octanol–water partition coefficient (Wildman–Crippen LogP) is 5.88. The first kappa shape index (κ1) is 15.7. The molecule has 20 heavy (non-hydrogen) atoms. The Labute approximate surface area is 138 Å². The summed E-state index contributed by atoms with van der Waals surface area (Å²) in [4.78, 5) is 2.38. The molecule has 0 amide bonds. The summed E-state index contributed by atoms with van der Waals surface area (Å²) in [6.07, 6.45) is 0. The summed E-state index contributed by atoms with van der Waals surface area (Å²) >= 11 is 15.1. The Kier molecular flexibility index (Phi) is 6.69. The van der Waals surface area contributed by atoms with E-state index < -0.39 is 0 Å². The van der Waals surface area contributed by atoms with Gasteiger partial charge in [-0.2, -0.15) is 0 Å². The Hall–Kier alpha value is -0.720. The topological polar surface area (TPSA) is 0 Å². The smallest absolute Gasteiger partial charge is 0.0595 e. The van der Waals surface area contributed by atoms with E-state index in [4.69, 9.17) is 23.2 Å². The zero-order chi connectivity index (χ0) is 14.2. The lowest BCUT2D eigenvalue weighted by Gasteiger charge is -1.97. The number of thioether (sulfide) groups is 2. The summed E-state index contributed by atoms with van der Waals surface area (Å²) in [5.41, 5.74) is 0. The van der Waals surface area contributed by atoms with Crippen LogP contribution < -0.4 is 0 Å². The first-order chi connectivity index (χ1) is 9.74. The Balaban J connectivity index is 1.70. The van der Waals surface area contributed by atoms with Crippen molar-refractivity contribution >= 4 is 46.7 Å². The van der Waals surface area contributed by atoms with Gasteiger partial charge >= 0.3 is 0 Å². The molecule has 0 unspecified atom stereocenters. The minimum absolute atomic E-state index is 0.764. The van der Waals surface area contributed by atoms with Gasteiger partial charge in [0.05, 0.1) is 11.5 Å². The molecule has 0 nitrogen and oxygen atoms in total. The first-order valence-corrected chi connectivity index (χ1v) is 8.69. The minimum Gasteiger partial charge on any atom is -0.113 e. The van der Waals surface area contributed by atoms with Crippen LogP contribution in [0.2, 0.25) is 10.0 Å². The highest BCUT2D eigenvalue weighted by Crippen LogP contribution is 2.21. The fourth-order valence-electron chi connectivity index (χ4n) is 1.40. The van der Waals surface area contributed by atoms with Crippen molar-refractivity contribution in [1.29, 1.82) is 0 Å². The molecule has 2 rings (SSSR count). The standard InChI is InChI=1S/C16H12Cl2S2/c17-13-3-7-15(8-4-13)19-11-1-2-12-20-16-9-5-14(18)6-10-16/h3-10H,11-12H2. The average molecular weight is 339 g/mol. The largest absolute Gasteiger partial charge is 0.113 e. The fourth-order valence-corrected chi connectivity index (χ4v) is 2.99. The zero-order valence-electron chi connectivity index (χ0n) is 10.6. The second-order valence-electron chi connectivity index (χ2n) is 3.84. The number of halogens is 2. The molecule has 0 aliphatic heterocycles. The van der Waals surface area contributed by atoms with Gasteiger partial charge in [0.2, 0.25) is 0 Å². The zero-order valence-corrected chi connectivity index (χ0v) is 13.8. The van der Waals surface area contributed by atoms with Crippen molar-refractivity contribution in [2.45, 2.75) is 9.79 Å². The van der Waals surface area contributed by atoms with Crippen LogP contribution in [-0.2, 0) is 0 Å². The highest BCUT2D eigenvalue weighted by Gasteiger charge is 1.93. The number of hydrogen-bond acceptors (Lipinski definition) is 2. The van der Waals surface area contributed by atoms with Gasteiger partial charge in [0.1, 0.15) is 0 Å². The van der Waals surface area contributed by atoms with Crippen molar-refractivity contribution in [1.82, 2.24) is 0 Å². The van der Waals surface area contributed by atoms with Gasteiger partial charge in [0.25, 0.3) is 0 Å². The molecule has 0 aromatic heterocycles. The normalized spacial score (nSPS) is 9.90. The Morgan fingerprint density at radius 1 is 0.650 bits per heavy atom. The van der Waals surface area contributed by atoms with Crippen molar-refractivity contribution in [2.24, 2.45) is 0 Å². The lowest BCUT2D eigenvalue weighted by atomic mass is 10.4. The minimum atomic E-state index is 0.764. The summed E-state index contributed by atoms with van der Waals surface area (Å²) in [5, 5.41) is 1.53. The van der Waals surface area contributed by atoms with Crippen LogP contribution in [0.15, 0.2) is 58.3 Å². The molecular formula is C16H12Cl2S2. The number of hydrogen-bond donors (Lipinski definition) is 0. The van der Waals surface area contributed by atoms with Gasteiger partial charge in [-0.15, -0.1) is 23.5 Å². The lowest BCUT2D eigenvalue weighted by Crippen LogP contribution is -1.77.